The van der Waals surface area contributed by atoms with Crippen molar-refractivity contribution in [2.45, 2.75) is 12.8 Å². The highest BCUT2D eigenvalue weighted by molar-refractivity contribution is 5.87. The summed E-state index contributed by atoms with van der Waals surface area (Å²) in [5.41, 5.74) is 0.636. The summed E-state index contributed by atoms with van der Waals surface area (Å²) in [6.07, 6.45) is 0.164. The van der Waals surface area contributed by atoms with Crippen molar-refractivity contribution < 1.29 is 18.7 Å². The number of halogens is 1. The summed E-state index contributed by atoms with van der Waals surface area (Å²) in [5.74, 6) is -1.44. The van der Waals surface area contributed by atoms with Gasteiger partial charge in [-0.1, -0.05) is 36.4 Å². The monoisotopic (exact) mass is 397 g/mol. The van der Waals surface area contributed by atoms with Crippen LogP contribution in [-0.4, -0.2) is 34.8 Å². The number of carbonyl (C=O) groups excluding carboxylic acids is 2. The van der Waals surface area contributed by atoms with Crippen molar-refractivity contribution in [2.24, 2.45) is 7.05 Å². The van der Waals surface area contributed by atoms with Gasteiger partial charge in [-0.05, 0) is 24.1 Å². The minimum atomic E-state index is -0.634. The molecule has 0 aliphatic carbocycles. The van der Waals surface area contributed by atoms with E-state index in [2.05, 4.69) is 10.4 Å². The fourth-order valence-electron chi connectivity index (χ4n) is 2.93. The molecule has 1 aromatic heterocycles. The van der Waals surface area contributed by atoms with Gasteiger partial charge in [-0.25, -0.2) is 9.07 Å². The molecule has 150 valence electrons. The van der Waals surface area contributed by atoms with E-state index in [1.165, 1.54) is 17.8 Å². The van der Waals surface area contributed by atoms with Gasteiger partial charge in [-0.3, -0.25) is 14.4 Å². The molecule has 0 unspecified atom stereocenters. The third-order valence-corrected chi connectivity index (χ3v) is 4.38. The molecule has 0 atom stereocenters. The Morgan fingerprint density at radius 1 is 1.10 bits per heavy atom. The van der Waals surface area contributed by atoms with Gasteiger partial charge in [0.15, 0.2) is 6.61 Å². The van der Waals surface area contributed by atoms with Gasteiger partial charge >= 0.3 is 5.97 Å². The summed E-state index contributed by atoms with van der Waals surface area (Å²) >= 11 is 0. The van der Waals surface area contributed by atoms with Crippen LogP contribution in [0, 0.1) is 5.82 Å². The second-order valence-electron chi connectivity index (χ2n) is 6.45. The van der Waals surface area contributed by atoms with E-state index in [0.717, 1.165) is 0 Å². The summed E-state index contributed by atoms with van der Waals surface area (Å²) in [4.78, 5) is 36.1. The molecule has 0 saturated carbocycles. The van der Waals surface area contributed by atoms with E-state index in [-0.39, 0.29) is 24.3 Å². The first kappa shape index (κ1) is 20.2. The van der Waals surface area contributed by atoms with Gasteiger partial charge in [-0.2, -0.15) is 5.10 Å². The van der Waals surface area contributed by atoms with E-state index in [1.807, 2.05) is 0 Å². The summed E-state index contributed by atoms with van der Waals surface area (Å²) in [6, 6.07) is 13.2. The Kier molecular flexibility index (Phi) is 6.33. The first-order valence-electron chi connectivity index (χ1n) is 9.06. The second kappa shape index (κ2) is 9.09. The van der Waals surface area contributed by atoms with E-state index in [1.54, 1.807) is 42.5 Å². The molecule has 8 heteroatoms. The van der Waals surface area contributed by atoms with E-state index < -0.39 is 18.5 Å². The first-order chi connectivity index (χ1) is 14.0. The topological polar surface area (TPSA) is 90.3 Å². The van der Waals surface area contributed by atoms with E-state index in [0.29, 0.717) is 28.5 Å². The van der Waals surface area contributed by atoms with Crippen molar-refractivity contribution in [3.05, 3.63) is 76.0 Å². The Morgan fingerprint density at radius 2 is 1.79 bits per heavy atom. The summed E-state index contributed by atoms with van der Waals surface area (Å²) < 4.78 is 19.7. The molecule has 1 N–H and O–H groups in total. The number of benzene rings is 2. The number of ether oxygens (including phenoxy) is 1. The molecule has 7 nitrogen and oxygen atoms in total. The van der Waals surface area contributed by atoms with Crippen molar-refractivity contribution in [3.63, 3.8) is 0 Å². The average Bonchev–Trinajstić information content (AvgIpc) is 2.72. The Bertz CT molecular complexity index is 1110. The van der Waals surface area contributed by atoms with Crippen LogP contribution in [-0.2, 0) is 34.2 Å². The molecule has 1 heterocycles. The van der Waals surface area contributed by atoms with Crippen LogP contribution in [0.15, 0.2) is 53.3 Å². The fraction of sp³-hybridized carbons (Fsp3) is 0.238. The molecule has 0 fully saturated rings. The molecule has 29 heavy (non-hydrogen) atoms. The minimum Gasteiger partial charge on any atom is -0.455 e. The van der Waals surface area contributed by atoms with Gasteiger partial charge in [0, 0.05) is 19.0 Å². The molecule has 0 radical (unpaired) electrons. The number of hydrogen-bond acceptors (Lipinski definition) is 5. The fourth-order valence-corrected chi connectivity index (χ4v) is 2.93. The number of carbonyl (C=O) groups is 2. The van der Waals surface area contributed by atoms with Crippen LogP contribution < -0.4 is 10.9 Å². The second-order valence-corrected chi connectivity index (χ2v) is 6.45. The number of aryl methyl sites for hydroxylation is 1. The maximum absolute atomic E-state index is 13.5. The minimum absolute atomic E-state index is 0.170. The van der Waals surface area contributed by atoms with Crippen molar-refractivity contribution in [3.8, 4) is 0 Å². The highest BCUT2D eigenvalue weighted by Crippen LogP contribution is 2.13. The SMILES string of the molecule is Cn1nc(CC(=O)OCC(=O)NCCc2ccccc2F)c2ccccc2c1=O. The average molecular weight is 397 g/mol. The number of aromatic nitrogens is 2. The van der Waals surface area contributed by atoms with Gasteiger partial charge in [0.2, 0.25) is 0 Å². The van der Waals surface area contributed by atoms with Crippen molar-refractivity contribution in [2.75, 3.05) is 13.2 Å². The lowest BCUT2D eigenvalue weighted by molar-refractivity contribution is -0.147. The highest BCUT2D eigenvalue weighted by atomic mass is 19.1. The lowest BCUT2D eigenvalue weighted by atomic mass is 10.1. The van der Waals surface area contributed by atoms with Crippen LogP contribution in [0.1, 0.15) is 11.3 Å². The Labute approximate surface area is 166 Å². The van der Waals surface area contributed by atoms with Crippen molar-refractivity contribution >= 4 is 22.6 Å². The normalized spacial score (nSPS) is 10.7. The summed E-state index contributed by atoms with van der Waals surface area (Å²) in [5, 5.41) is 7.73. The van der Waals surface area contributed by atoms with Gasteiger partial charge in [-0.15, -0.1) is 0 Å². The predicted molar refractivity (Wildman–Crippen MR) is 105 cm³/mol. The van der Waals surface area contributed by atoms with Gasteiger partial charge < -0.3 is 10.1 Å². The molecular weight excluding hydrogens is 377 g/mol. The highest BCUT2D eigenvalue weighted by Gasteiger charge is 2.14. The van der Waals surface area contributed by atoms with Crippen LogP contribution in [0.25, 0.3) is 10.8 Å². The van der Waals surface area contributed by atoms with Crippen molar-refractivity contribution in [1.82, 2.24) is 15.1 Å². The molecule has 1 amide bonds. The maximum atomic E-state index is 13.5. The van der Waals surface area contributed by atoms with Crippen LogP contribution in [0.3, 0.4) is 0 Å². The number of nitrogens with zero attached hydrogens (tertiary/aromatic N) is 2. The smallest absolute Gasteiger partial charge is 0.312 e. The molecule has 3 rings (SSSR count). The zero-order valence-electron chi connectivity index (χ0n) is 15.9. The lowest BCUT2D eigenvalue weighted by Gasteiger charge is -2.09. The Hall–Kier alpha value is -3.55. The maximum Gasteiger partial charge on any atom is 0.312 e. The van der Waals surface area contributed by atoms with E-state index >= 15 is 0 Å². The molecule has 0 saturated heterocycles. The Balaban J connectivity index is 1.52. The number of esters is 1. The summed E-state index contributed by atoms with van der Waals surface area (Å²) in [6.45, 7) is -0.218. The summed E-state index contributed by atoms with van der Waals surface area (Å²) in [7, 11) is 1.51. The van der Waals surface area contributed by atoms with E-state index in [9.17, 15) is 18.8 Å². The van der Waals surface area contributed by atoms with Crippen LogP contribution in [0.5, 0.6) is 0 Å². The van der Waals surface area contributed by atoms with Crippen LogP contribution in [0.2, 0.25) is 0 Å². The van der Waals surface area contributed by atoms with Crippen LogP contribution >= 0.6 is 0 Å². The number of amides is 1. The molecule has 2 aromatic carbocycles. The number of rotatable bonds is 7. The van der Waals surface area contributed by atoms with Gasteiger partial charge in [0.05, 0.1) is 17.5 Å². The van der Waals surface area contributed by atoms with E-state index in [4.69, 9.17) is 4.74 Å². The third-order valence-electron chi connectivity index (χ3n) is 4.38. The number of fused-ring (bicyclic) bond motifs is 1. The molecule has 0 spiro atoms. The third kappa shape index (κ3) is 5.04. The molecule has 0 bridgehead atoms. The predicted octanol–water partition coefficient (Wildman–Crippen LogP) is 1.52. The lowest BCUT2D eigenvalue weighted by Crippen LogP contribution is -2.31. The standard InChI is InChI=1S/C21H20FN3O4/c1-25-21(28)16-8-4-3-7-15(16)18(24-25)12-20(27)29-13-19(26)23-11-10-14-6-2-5-9-17(14)22/h2-9H,10-13H2,1H3,(H,23,26). The first-order valence-corrected chi connectivity index (χ1v) is 9.06. The molecular formula is C21H20FN3O4. The van der Waals surface area contributed by atoms with Gasteiger partial charge in [0.25, 0.3) is 11.5 Å². The largest absolute Gasteiger partial charge is 0.455 e. The zero-order valence-corrected chi connectivity index (χ0v) is 15.9. The molecule has 0 aliphatic heterocycles. The zero-order chi connectivity index (χ0) is 20.8. The number of nitrogens with one attached hydrogen (secondary N) is 1. The van der Waals surface area contributed by atoms with Crippen LogP contribution in [0.4, 0.5) is 4.39 Å². The van der Waals surface area contributed by atoms with Crippen molar-refractivity contribution in [1.29, 1.82) is 0 Å². The van der Waals surface area contributed by atoms with Gasteiger partial charge in [0.1, 0.15) is 5.82 Å². The Morgan fingerprint density at radius 3 is 2.55 bits per heavy atom. The molecule has 0 aliphatic rings. The molecule has 3 aromatic rings. The number of hydrogen-bond donors (Lipinski definition) is 1. The quantitative estimate of drug-likeness (QED) is 0.611.